The first-order chi connectivity index (χ1) is 10.1. The van der Waals surface area contributed by atoms with E-state index in [2.05, 4.69) is 24.0 Å². The van der Waals surface area contributed by atoms with Crippen LogP contribution in [0.3, 0.4) is 0 Å². The fourth-order valence-corrected chi connectivity index (χ4v) is 2.17. The van der Waals surface area contributed by atoms with E-state index in [4.69, 9.17) is 15.7 Å². The van der Waals surface area contributed by atoms with Crippen molar-refractivity contribution in [3.63, 3.8) is 0 Å². The Morgan fingerprint density at radius 1 is 1.38 bits per heavy atom. The maximum atomic E-state index is 8.91. The molecular weight excluding hydrogens is 266 g/mol. The van der Waals surface area contributed by atoms with Gasteiger partial charge in [0, 0.05) is 11.6 Å². The topological polar surface area (TPSA) is 80.7 Å². The molecule has 0 spiro atoms. The number of para-hydroxylation sites is 1. The molecule has 0 aliphatic heterocycles. The average molecular weight is 287 g/mol. The van der Waals surface area contributed by atoms with Gasteiger partial charge in [-0.2, -0.15) is 0 Å². The number of ether oxygens (including phenoxy) is 1. The summed E-state index contributed by atoms with van der Waals surface area (Å²) in [5, 5.41) is 12.8. The van der Waals surface area contributed by atoms with Gasteiger partial charge in [0.05, 0.1) is 17.7 Å². The maximum Gasteiger partial charge on any atom is 0.175 e. The molecule has 3 N–H and O–H groups in total. The normalized spacial score (nSPS) is 12.0. The molecule has 1 heterocycles. The van der Waals surface area contributed by atoms with Gasteiger partial charge in [0.15, 0.2) is 5.84 Å². The lowest BCUT2D eigenvalue weighted by molar-refractivity contribution is 0.298. The van der Waals surface area contributed by atoms with Gasteiger partial charge in [-0.3, -0.25) is 4.98 Å². The Kier molecular flexibility index (Phi) is 4.98. The van der Waals surface area contributed by atoms with Crippen molar-refractivity contribution in [2.24, 2.45) is 16.8 Å². The van der Waals surface area contributed by atoms with Crippen molar-refractivity contribution in [2.45, 2.75) is 26.7 Å². The van der Waals surface area contributed by atoms with Gasteiger partial charge < -0.3 is 15.7 Å². The number of oxime groups is 1. The second kappa shape index (κ2) is 6.92. The number of benzene rings is 1. The molecule has 5 nitrogen and oxygen atoms in total. The van der Waals surface area contributed by atoms with E-state index in [1.54, 1.807) is 6.20 Å². The highest BCUT2D eigenvalue weighted by molar-refractivity contribution is 6.04. The maximum absolute atomic E-state index is 8.91. The molecule has 0 radical (unpaired) electrons. The summed E-state index contributed by atoms with van der Waals surface area (Å²) >= 11 is 0. The van der Waals surface area contributed by atoms with Crippen LogP contribution in [0, 0.1) is 5.92 Å². The second-order valence-electron chi connectivity index (χ2n) is 5.39. The summed E-state index contributed by atoms with van der Waals surface area (Å²) in [5.74, 6) is 1.28. The van der Waals surface area contributed by atoms with Crippen LogP contribution in [0.5, 0.6) is 5.75 Å². The van der Waals surface area contributed by atoms with Gasteiger partial charge in [-0.1, -0.05) is 31.1 Å². The Morgan fingerprint density at radius 3 is 2.86 bits per heavy atom. The predicted molar refractivity (Wildman–Crippen MR) is 83.8 cm³/mol. The number of amidine groups is 1. The minimum Gasteiger partial charge on any atom is -0.492 e. The largest absolute Gasteiger partial charge is 0.492 e. The minimum atomic E-state index is 0.00659. The summed E-state index contributed by atoms with van der Waals surface area (Å²) in [7, 11) is 0. The van der Waals surface area contributed by atoms with E-state index in [1.807, 2.05) is 24.3 Å². The molecule has 0 unspecified atom stereocenters. The van der Waals surface area contributed by atoms with Crippen LogP contribution in [0.1, 0.15) is 32.3 Å². The van der Waals surface area contributed by atoms with Crippen molar-refractivity contribution >= 4 is 16.7 Å². The third-order valence-corrected chi connectivity index (χ3v) is 3.28. The zero-order chi connectivity index (χ0) is 15.2. The second-order valence-corrected chi connectivity index (χ2v) is 5.39. The van der Waals surface area contributed by atoms with Crippen molar-refractivity contribution in [1.82, 2.24) is 4.98 Å². The summed E-state index contributed by atoms with van der Waals surface area (Å²) in [6.45, 7) is 4.96. The van der Waals surface area contributed by atoms with Crippen molar-refractivity contribution in [3.8, 4) is 5.75 Å². The minimum absolute atomic E-state index is 0.00659. The van der Waals surface area contributed by atoms with Crippen molar-refractivity contribution in [3.05, 3.63) is 36.0 Å². The molecule has 21 heavy (non-hydrogen) atoms. The van der Waals surface area contributed by atoms with Crippen molar-refractivity contribution in [2.75, 3.05) is 6.61 Å². The molecule has 0 fully saturated rings. The Labute approximate surface area is 124 Å². The average Bonchev–Trinajstić information content (AvgIpc) is 2.50. The lowest BCUT2D eigenvalue weighted by Gasteiger charge is -2.13. The molecular formula is C16H21N3O2. The molecule has 1 aromatic heterocycles. The highest BCUT2D eigenvalue weighted by Crippen LogP contribution is 2.28. The number of pyridine rings is 1. The highest BCUT2D eigenvalue weighted by Gasteiger charge is 2.13. The van der Waals surface area contributed by atoms with Crippen LogP contribution in [0.2, 0.25) is 0 Å². The molecule has 112 valence electrons. The van der Waals surface area contributed by atoms with E-state index in [-0.39, 0.29) is 5.84 Å². The lowest BCUT2D eigenvalue weighted by Crippen LogP contribution is -2.16. The van der Waals surface area contributed by atoms with Gasteiger partial charge in [-0.15, -0.1) is 0 Å². The zero-order valence-corrected chi connectivity index (χ0v) is 12.4. The number of fused-ring (bicyclic) bond motifs is 1. The van der Waals surface area contributed by atoms with Gasteiger partial charge >= 0.3 is 0 Å². The summed E-state index contributed by atoms with van der Waals surface area (Å²) in [6.07, 6.45) is 3.64. The molecule has 0 aliphatic rings. The summed E-state index contributed by atoms with van der Waals surface area (Å²) in [4.78, 5) is 4.32. The van der Waals surface area contributed by atoms with E-state index < -0.39 is 0 Å². The number of hydrogen-bond donors (Lipinski definition) is 2. The highest BCUT2D eigenvalue weighted by atomic mass is 16.5. The van der Waals surface area contributed by atoms with Crippen LogP contribution < -0.4 is 10.5 Å². The fourth-order valence-electron chi connectivity index (χ4n) is 2.17. The first-order valence-electron chi connectivity index (χ1n) is 7.12. The van der Waals surface area contributed by atoms with Gasteiger partial charge in [0.1, 0.15) is 5.75 Å². The number of nitrogens with zero attached hydrogens (tertiary/aromatic N) is 2. The van der Waals surface area contributed by atoms with Crippen molar-refractivity contribution < 1.29 is 9.94 Å². The quantitative estimate of drug-likeness (QED) is 0.281. The number of rotatable bonds is 6. The van der Waals surface area contributed by atoms with Crippen LogP contribution in [0.25, 0.3) is 10.9 Å². The molecule has 0 saturated heterocycles. The fraction of sp³-hybridized carbons (Fsp3) is 0.375. The number of hydrogen-bond acceptors (Lipinski definition) is 4. The molecule has 0 amide bonds. The number of nitrogens with two attached hydrogens (primary N) is 1. The Morgan fingerprint density at radius 2 is 2.14 bits per heavy atom. The molecule has 2 rings (SSSR count). The van der Waals surface area contributed by atoms with Gasteiger partial charge in [0.2, 0.25) is 0 Å². The van der Waals surface area contributed by atoms with Crippen LogP contribution in [0.15, 0.2) is 35.6 Å². The van der Waals surface area contributed by atoms with E-state index in [9.17, 15) is 0 Å². The summed E-state index contributed by atoms with van der Waals surface area (Å²) < 4.78 is 5.91. The Bertz CT molecular complexity index is 638. The third-order valence-electron chi connectivity index (χ3n) is 3.28. The van der Waals surface area contributed by atoms with Crippen molar-refractivity contribution in [1.29, 1.82) is 0 Å². The standard InChI is InChI=1S/C16H21N3O2/c1-11(2)6-5-9-21-15-12-7-3-4-8-14(12)18-10-13(15)16(17)19-20/h3-4,7-8,10-11,20H,5-6,9H2,1-2H3,(H2,17,19). The SMILES string of the molecule is CC(C)CCCOc1c(/C(N)=N/O)cnc2ccccc12. The van der Waals surface area contributed by atoms with Gasteiger partial charge in [-0.05, 0) is 30.9 Å². The van der Waals surface area contributed by atoms with E-state index in [0.717, 1.165) is 23.7 Å². The van der Waals surface area contributed by atoms with E-state index in [0.29, 0.717) is 23.8 Å². The first-order valence-corrected chi connectivity index (χ1v) is 7.12. The molecule has 2 aromatic rings. The predicted octanol–water partition coefficient (Wildman–Crippen LogP) is 3.14. The molecule has 0 bridgehead atoms. The van der Waals surface area contributed by atoms with E-state index in [1.165, 1.54) is 0 Å². The zero-order valence-electron chi connectivity index (χ0n) is 12.4. The molecule has 0 atom stereocenters. The van der Waals surface area contributed by atoms with E-state index >= 15 is 0 Å². The lowest BCUT2D eigenvalue weighted by atomic mass is 10.1. The molecule has 1 aromatic carbocycles. The summed E-state index contributed by atoms with van der Waals surface area (Å²) in [5.41, 5.74) is 7.06. The monoisotopic (exact) mass is 287 g/mol. The van der Waals surface area contributed by atoms with Gasteiger partial charge in [0.25, 0.3) is 0 Å². The third kappa shape index (κ3) is 3.62. The number of aromatic nitrogens is 1. The Balaban J connectivity index is 2.32. The molecule has 5 heteroatoms. The molecule has 0 aliphatic carbocycles. The smallest absolute Gasteiger partial charge is 0.175 e. The van der Waals surface area contributed by atoms with Crippen LogP contribution in [-0.2, 0) is 0 Å². The first kappa shape index (κ1) is 15.1. The van der Waals surface area contributed by atoms with Crippen LogP contribution in [-0.4, -0.2) is 22.6 Å². The molecule has 0 saturated carbocycles. The van der Waals surface area contributed by atoms with Crippen LogP contribution in [0.4, 0.5) is 0 Å². The van der Waals surface area contributed by atoms with Crippen LogP contribution >= 0.6 is 0 Å². The van der Waals surface area contributed by atoms with Gasteiger partial charge in [-0.25, -0.2) is 0 Å². The summed E-state index contributed by atoms with van der Waals surface area (Å²) in [6, 6.07) is 7.67. The Hall–Kier alpha value is -2.30.